The van der Waals surface area contributed by atoms with Crippen LogP contribution < -0.4 is 24.4 Å². The second kappa shape index (κ2) is 13.5. The van der Waals surface area contributed by atoms with Gasteiger partial charge in [-0.1, -0.05) is 47.2 Å². The largest absolute Gasteiger partial charge is 0.493 e. The number of aromatic nitrogens is 1. The average Bonchev–Trinajstić information content (AvgIpc) is 3.30. The number of hydrogen-bond donors (Lipinski definition) is 0. The number of methoxy groups -OCH3 is 1. The van der Waals surface area contributed by atoms with E-state index in [1.807, 2.05) is 66.9 Å². The highest BCUT2D eigenvalue weighted by atomic mass is 79.9. The number of allylic oxidation sites excluding steroid dienone is 1. The van der Waals surface area contributed by atoms with Crippen molar-refractivity contribution in [2.24, 2.45) is 4.99 Å². The highest BCUT2D eigenvalue weighted by molar-refractivity contribution is 9.10. The Morgan fingerprint density at radius 2 is 1.88 bits per heavy atom. The van der Waals surface area contributed by atoms with Crippen LogP contribution in [0.3, 0.4) is 0 Å². The van der Waals surface area contributed by atoms with Crippen LogP contribution in [0.15, 0.2) is 91.1 Å². The van der Waals surface area contributed by atoms with E-state index >= 15 is 0 Å². The van der Waals surface area contributed by atoms with Gasteiger partial charge in [-0.2, -0.15) is 0 Å². The molecule has 3 aromatic carbocycles. The first-order chi connectivity index (χ1) is 20.7. The predicted octanol–water partition coefficient (Wildman–Crippen LogP) is 6.52. The molecule has 1 atom stereocenters. The van der Waals surface area contributed by atoms with E-state index in [4.69, 9.17) is 25.8 Å². The Bertz CT molecular complexity index is 1880. The van der Waals surface area contributed by atoms with Crippen LogP contribution in [0.25, 0.3) is 6.08 Å². The van der Waals surface area contributed by atoms with Gasteiger partial charge >= 0.3 is 5.97 Å². The summed E-state index contributed by atoms with van der Waals surface area (Å²) < 4.78 is 19.8. The van der Waals surface area contributed by atoms with Crippen molar-refractivity contribution in [1.29, 1.82) is 0 Å². The lowest BCUT2D eigenvalue weighted by molar-refractivity contribution is -0.139. The van der Waals surface area contributed by atoms with Crippen LogP contribution >= 0.6 is 50.6 Å². The maximum Gasteiger partial charge on any atom is 0.338 e. The molecule has 0 radical (unpaired) electrons. The molecule has 1 aromatic heterocycles. The summed E-state index contributed by atoms with van der Waals surface area (Å²) in [6.07, 6.45) is 3.79. The minimum Gasteiger partial charge on any atom is -0.493 e. The van der Waals surface area contributed by atoms with Crippen LogP contribution in [0.2, 0.25) is 5.02 Å². The summed E-state index contributed by atoms with van der Waals surface area (Å²) in [4.78, 5) is 33.4. The second-order valence-corrected chi connectivity index (χ2v) is 12.7. The van der Waals surface area contributed by atoms with Gasteiger partial charge in [0.05, 0.1) is 40.0 Å². The number of thioether (sulfide) groups is 1. The van der Waals surface area contributed by atoms with E-state index in [1.165, 1.54) is 11.3 Å². The minimum absolute atomic E-state index is 0.217. The van der Waals surface area contributed by atoms with E-state index in [9.17, 15) is 9.59 Å². The molecule has 43 heavy (non-hydrogen) atoms. The minimum atomic E-state index is -0.668. The van der Waals surface area contributed by atoms with Gasteiger partial charge in [0.1, 0.15) is 6.61 Å². The molecule has 0 saturated carbocycles. The van der Waals surface area contributed by atoms with Gasteiger partial charge in [0, 0.05) is 9.92 Å². The average molecular weight is 700 g/mol. The first kappa shape index (κ1) is 31.1. The molecule has 0 saturated heterocycles. The van der Waals surface area contributed by atoms with E-state index in [0.29, 0.717) is 48.2 Å². The number of esters is 1. The summed E-state index contributed by atoms with van der Waals surface area (Å²) in [5.74, 6) is 0.564. The van der Waals surface area contributed by atoms with Gasteiger partial charge in [0.15, 0.2) is 16.3 Å². The van der Waals surface area contributed by atoms with Gasteiger partial charge in [-0.25, -0.2) is 9.79 Å². The molecule has 222 valence electrons. The lowest BCUT2D eigenvalue weighted by atomic mass is 9.96. The molecule has 0 bridgehead atoms. The number of benzene rings is 3. The SMILES string of the molecule is CCOC(=O)C1=C(C)N=c2s/c(=C\c3cc(Br)c(OCc4ccc(Cl)cc4)c(OC)c3)c(=O)n2[C@@H]1c1ccc(SC)cc1. The number of thiazole rings is 1. The quantitative estimate of drug-likeness (QED) is 0.146. The summed E-state index contributed by atoms with van der Waals surface area (Å²) in [5, 5.41) is 0.657. The van der Waals surface area contributed by atoms with Crippen molar-refractivity contribution in [2.45, 2.75) is 31.4 Å². The molecular weight excluding hydrogens is 672 g/mol. The lowest BCUT2D eigenvalue weighted by Crippen LogP contribution is -2.39. The van der Waals surface area contributed by atoms with Gasteiger partial charge in [-0.05, 0) is 95.2 Å². The second-order valence-electron chi connectivity index (χ2n) is 9.52. The fourth-order valence-corrected chi connectivity index (χ4v) is 6.90. The van der Waals surface area contributed by atoms with Gasteiger partial charge in [-0.15, -0.1) is 11.8 Å². The maximum absolute atomic E-state index is 14.0. The molecule has 7 nitrogen and oxygen atoms in total. The number of rotatable bonds is 9. The van der Waals surface area contributed by atoms with Crippen LogP contribution in [-0.2, 0) is 16.1 Å². The molecule has 0 N–H and O–H groups in total. The molecule has 0 unspecified atom stereocenters. The van der Waals surface area contributed by atoms with Crippen molar-refractivity contribution in [3.8, 4) is 11.5 Å². The van der Waals surface area contributed by atoms with Crippen molar-refractivity contribution in [1.82, 2.24) is 4.57 Å². The zero-order valence-electron chi connectivity index (χ0n) is 23.9. The molecule has 2 heterocycles. The van der Waals surface area contributed by atoms with Gasteiger partial charge in [-0.3, -0.25) is 9.36 Å². The Kier molecular flexibility index (Phi) is 9.81. The standard InChI is InChI=1S/C32H28BrClN2O5S2/c1-5-40-31(38)27-18(2)35-32-36(28(27)21-8-12-23(42-4)13-9-21)30(37)26(43-32)16-20-14-24(33)29(25(15-20)39-3)41-17-19-6-10-22(34)11-7-19/h6-16,28H,5,17H2,1-4H3/b26-16-/t28-/m1/s1. The highest BCUT2D eigenvalue weighted by Crippen LogP contribution is 2.37. The number of carbonyl (C=O) groups excluding carboxylic acids is 1. The van der Waals surface area contributed by atoms with E-state index in [2.05, 4.69) is 20.9 Å². The van der Waals surface area contributed by atoms with Crippen LogP contribution in [0.4, 0.5) is 0 Å². The van der Waals surface area contributed by atoms with Crippen molar-refractivity contribution in [3.05, 3.63) is 118 Å². The Morgan fingerprint density at radius 1 is 1.16 bits per heavy atom. The Morgan fingerprint density at radius 3 is 2.53 bits per heavy atom. The van der Waals surface area contributed by atoms with Crippen LogP contribution in [-0.4, -0.2) is 30.5 Å². The number of fused-ring (bicyclic) bond motifs is 1. The van der Waals surface area contributed by atoms with Gasteiger partial charge in [0.2, 0.25) is 0 Å². The Balaban J connectivity index is 1.56. The van der Waals surface area contributed by atoms with Crippen LogP contribution in [0.1, 0.15) is 36.6 Å². The molecule has 4 aromatic rings. The van der Waals surface area contributed by atoms with Crippen LogP contribution in [0, 0.1) is 0 Å². The monoisotopic (exact) mass is 698 g/mol. The van der Waals surface area contributed by atoms with Gasteiger partial charge < -0.3 is 14.2 Å². The van der Waals surface area contributed by atoms with Crippen molar-refractivity contribution in [3.63, 3.8) is 0 Å². The molecule has 0 spiro atoms. The lowest BCUT2D eigenvalue weighted by Gasteiger charge is -2.24. The van der Waals surface area contributed by atoms with Gasteiger partial charge in [0.25, 0.3) is 5.56 Å². The molecule has 1 aliphatic rings. The fourth-order valence-electron chi connectivity index (χ4n) is 4.74. The van der Waals surface area contributed by atoms with Crippen molar-refractivity contribution >= 4 is 62.7 Å². The smallest absolute Gasteiger partial charge is 0.338 e. The normalized spacial score (nSPS) is 14.7. The fraction of sp³-hybridized carbons (Fsp3) is 0.219. The molecule has 0 amide bonds. The first-order valence-corrected chi connectivity index (χ1v) is 16.5. The third-order valence-electron chi connectivity index (χ3n) is 6.79. The zero-order chi connectivity index (χ0) is 30.7. The maximum atomic E-state index is 14.0. The van der Waals surface area contributed by atoms with Crippen LogP contribution in [0.5, 0.6) is 11.5 Å². The number of hydrogen-bond acceptors (Lipinski definition) is 8. The molecule has 11 heteroatoms. The third kappa shape index (κ3) is 6.62. The predicted molar refractivity (Wildman–Crippen MR) is 175 cm³/mol. The summed E-state index contributed by atoms with van der Waals surface area (Å²) in [7, 11) is 1.57. The number of nitrogens with zero attached hydrogens (tertiary/aromatic N) is 2. The topological polar surface area (TPSA) is 79.1 Å². The van der Waals surface area contributed by atoms with Crippen molar-refractivity contribution < 1.29 is 19.0 Å². The Labute approximate surface area is 270 Å². The number of ether oxygens (including phenoxy) is 3. The first-order valence-electron chi connectivity index (χ1n) is 13.3. The van der Waals surface area contributed by atoms with Crippen molar-refractivity contribution in [2.75, 3.05) is 20.0 Å². The third-order valence-corrected chi connectivity index (χ3v) is 9.36. The molecule has 0 fully saturated rings. The van der Waals surface area contributed by atoms with E-state index in [0.717, 1.165) is 21.6 Å². The van der Waals surface area contributed by atoms with E-state index < -0.39 is 12.0 Å². The summed E-state index contributed by atoms with van der Waals surface area (Å²) in [6, 6.07) is 18.3. The molecular formula is C32H28BrClN2O5S2. The molecule has 1 aliphatic heterocycles. The summed E-state index contributed by atoms with van der Waals surface area (Å²) in [5.41, 5.74) is 3.11. The Hall–Kier alpha value is -3.31. The molecule has 0 aliphatic carbocycles. The number of halogens is 2. The summed E-state index contributed by atoms with van der Waals surface area (Å²) >= 11 is 12.5. The summed E-state index contributed by atoms with van der Waals surface area (Å²) in [6.45, 7) is 4.07. The highest BCUT2D eigenvalue weighted by Gasteiger charge is 2.33. The number of carbonyl (C=O) groups is 1. The van der Waals surface area contributed by atoms with E-state index in [1.54, 1.807) is 43.4 Å². The zero-order valence-corrected chi connectivity index (χ0v) is 27.8. The molecule has 5 rings (SSSR count). The van der Waals surface area contributed by atoms with E-state index in [-0.39, 0.29) is 12.2 Å².